The Morgan fingerprint density at radius 2 is 2.24 bits per heavy atom. The summed E-state index contributed by atoms with van der Waals surface area (Å²) in [6.07, 6.45) is 3.85. The summed E-state index contributed by atoms with van der Waals surface area (Å²) in [4.78, 5) is 9.27. The van der Waals surface area contributed by atoms with Crippen LogP contribution in [-0.2, 0) is 20.1 Å². The summed E-state index contributed by atoms with van der Waals surface area (Å²) < 4.78 is 6.68. The summed E-state index contributed by atoms with van der Waals surface area (Å²) in [6.45, 7) is 7.01. The Bertz CT molecular complexity index is 597. The van der Waals surface area contributed by atoms with Gasteiger partial charge in [-0.25, -0.2) is 4.98 Å². The monoisotopic (exact) mass is 326 g/mol. The molecule has 0 saturated carbocycles. The highest BCUT2D eigenvalue weighted by Crippen LogP contribution is 2.21. The van der Waals surface area contributed by atoms with E-state index in [4.69, 9.17) is 11.6 Å². The maximum absolute atomic E-state index is 6.08. The molecule has 3 rings (SSSR count). The van der Waals surface area contributed by atoms with E-state index in [0.717, 1.165) is 44.2 Å². The van der Waals surface area contributed by atoms with Gasteiger partial charge in [-0.05, 0) is 6.92 Å². The summed E-state index contributed by atoms with van der Waals surface area (Å²) in [6, 6.07) is 0.487. The Kier molecular flexibility index (Phi) is 4.54. The molecule has 1 fully saturated rings. The average Bonchev–Trinajstić information content (AvgIpc) is 3.03. The second kappa shape index (κ2) is 6.39. The molecule has 8 heteroatoms. The third kappa shape index (κ3) is 3.42. The SMILES string of the molecule is C[C@H]1CN(Cc2nnsc2Cl)CCN1Cc1nccn1C. The van der Waals surface area contributed by atoms with Crippen molar-refractivity contribution in [1.29, 1.82) is 0 Å². The number of aromatic nitrogens is 4. The van der Waals surface area contributed by atoms with Gasteiger partial charge in [-0.3, -0.25) is 9.80 Å². The standard InChI is InChI=1S/C13H19ClN6S/c1-10-7-19(8-11-13(14)21-17-16-11)5-6-20(10)9-12-15-3-4-18(12)2/h3-4,10H,5-9H2,1-2H3/t10-/m0/s1. The lowest BCUT2D eigenvalue weighted by molar-refractivity contribution is 0.0700. The van der Waals surface area contributed by atoms with Crippen LogP contribution in [0.5, 0.6) is 0 Å². The molecule has 3 heterocycles. The van der Waals surface area contributed by atoms with E-state index in [-0.39, 0.29) is 0 Å². The highest BCUT2D eigenvalue weighted by atomic mass is 35.5. The smallest absolute Gasteiger partial charge is 0.138 e. The lowest BCUT2D eigenvalue weighted by Gasteiger charge is -2.39. The summed E-state index contributed by atoms with van der Waals surface area (Å²) in [7, 11) is 2.04. The van der Waals surface area contributed by atoms with Crippen molar-refractivity contribution in [2.24, 2.45) is 7.05 Å². The zero-order valence-electron chi connectivity index (χ0n) is 12.2. The van der Waals surface area contributed by atoms with Crippen molar-refractivity contribution in [2.75, 3.05) is 19.6 Å². The zero-order valence-corrected chi connectivity index (χ0v) is 13.8. The number of hydrogen-bond donors (Lipinski definition) is 0. The largest absolute Gasteiger partial charge is 0.337 e. The molecule has 0 amide bonds. The fraction of sp³-hybridized carbons (Fsp3) is 0.615. The molecule has 0 aromatic carbocycles. The molecule has 1 aliphatic heterocycles. The molecule has 2 aromatic heterocycles. The van der Waals surface area contributed by atoms with E-state index in [9.17, 15) is 0 Å². The van der Waals surface area contributed by atoms with E-state index >= 15 is 0 Å². The molecule has 21 heavy (non-hydrogen) atoms. The predicted molar refractivity (Wildman–Crippen MR) is 83.3 cm³/mol. The van der Waals surface area contributed by atoms with Crippen LogP contribution >= 0.6 is 23.1 Å². The Morgan fingerprint density at radius 3 is 2.86 bits per heavy atom. The summed E-state index contributed by atoms with van der Waals surface area (Å²) >= 11 is 7.34. The van der Waals surface area contributed by atoms with Crippen LogP contribution in [0.2, 0.25) is 4.34 Å². The van der Waals surface area contributed by atoms with E-state index < -0.39 is 0 Å². The van der Waals surface area contributed by atoms with Gasteiger partial charge in [0.1, 0.15) is 15.9 Å². The minimum atomic E-state index is 0.487. The predicted octanol–water partition coefficient (Wildman–Crippen LogP) is 1.63. The van der Waals surface area contributed by atoms with Crippen LogP contribution in [0.15, 0.2) is 12.4 Å². The van der Waals surface area contributed by atoms with E-state index in [1.54, 1.807) is 0 Å². The van der Waals surface area contributed by atoms with Gasteiger partial charge in [0.05, 0.1) is 6.54 Å². The van der Waals surface area contributed by atoms with Gasteiger partial charge in [0.25, 0.3) is 0 Å². The van der Waals surface area contributed by atoms with Gasteiger partial charge in [0.15, 0.2) is 0 Å². The molecule has 2 aromatic rings. The van der Waals surface area contributed by atoms with Crippen molar-refractivity contribution < 1.29 is 0 Å². The number of nitrogens with zero attached hydrogens (tertiary/aromatic N) is 6. The first-order valence-electron chi connectivity index (χ1n) is 7.03. The van der Waals surface area contributed by atoms with Crippen molar-refractivity contribution >= 4 is 23.1 Å². The van der Waals surface area contributed by atoms with Gasteiger partial charge in [-0.2, -0.15) is 0 Å². The summed E-state index contributed by atoms with van der Waals surface area (Å²) in [5, 5.41) is 4.09. The lowest BCUT2D eigenvalue weighted by atomic mass is 10.2. The van der Waals surface area contributed by atoms with Gasteiger partial charge in [0, 0.05) is 63.2 Å². The maximum Gasteiger partial charge on any atom is 0.138 e. The highest BCUT2D eigenvalue weighted by molar-refractivity contribution is 7.10. The molecular formula is C13H19ClN6S. The van der Waals surface area contributed by atoms with E-state index in [0.29, 0.717) is 10.4 Å². The van der Waals surface area contributed by atoms with Crippen LogP contribution in [-0.4, -0.2) is 54.6 Å². The fourth-order valence-electron chi connectivity index (χ4n) is 2.68. The van der Waals surface area contributed by atoms with E-state index in [1.165, 1.54) is 11.5 Å². The quantitative estimate of drug-likeness (QED) is 0.854. The molecule has 114 valence electrons. The molecule has 0 aliphatic carbocycles. The minimum absolute atomic E-state index is 0.487. The first-order chi connectivity index (χ1) is 10.1. The number of rotatable bonds is 4. The first kappa shape index (κ1) is 14.9. The fourth-order valence-corrected chi connectivity index (χ4v) is 3.29. The number of halogens is 1. The number of aryl methyl sites for hydroxylation is 1. The van der Waals surface area contributed by atoms with Crippen LogP contribution in [0, 0.1) is 0 Å². The number of hydrogen-bond acceptors (Lipinski definition) is 6. The minimum Gasteiger partial charge on any atom is -0.337 e. The normalized spacial score (nSPS) is 21.0. The van der Waals surface area contributed by atoms with Crippen molar-refractivity contribution in [3.05, 3.63) is 28.2 Å². The van der Waals surface area contributed by atoms with Gasteiger partial charge in [0.2, 0.25) is 0 Å². The van der Waals surface area contributed by atoms with Crippen molar-refractivity contribution in [2.45, 2.75) is 26.1 Å². The van der Waals surface area contributed by atoms with Gasteiger partial charge in [-0.15, -0.1) is 5.10 Å². The molecule has 0 unspecified atom stereocenters. The molecule has 6 nitrogen and oxygen atoms in total. The van der Waals surface area contributed by atoms with Crippen molar-refractivity contribution in [3.8, 4) is 0 Å². The first-order valence-corrected chi connectivity index (χ1v) is 8.18. The third-order valence-electron chi connectivity index (χ3n) is 4.00. The van der Waals surface area contributed by atoms with Crippen LogP contribution in [0.25, 0.3) is 0 Å². The third-order valence-corrected chi connectivity index (χ3v) is 4.98. The number of piperazine rings is 1. The van der Waals surface area contributed by atoms with E-state index in [2.05, 4.69) is 35.9 Å². The average molecular weight is 327 g/mol. The Morgan fingerprint density at radius 1 is 1.38 bits per heavy atom. The number of imidazole rings is 1. The summed E-state index contributed by atoms with van der Waals surface area (Å²) in [5.74, 6) is 1.11. The second-order valence-electron chi connectivity index (χ2n) is 5.50. The molecule has 1 saturated heterocycles. The highest BCUT2D eigenvalue weighted by Gasteiger charge is 2.25. The topological polar surface area (TPSA) is 50.1 Å². The van der Waals surface area contributed by atoms with Crippen molar-refractivity contribution in [3.63, 3.8) is 0 Å². The van der Waals surface area contributed by atoms with Crippen LogP contribution in [0.4, 0.5) is 0 Å². The Hall–Kier alpha value is -1.02. The van der Waals surface area contributed by atoms with Gasteiger partial charge < -0.3 is 4.57 Å². The summed E-state index contributed by atoms with van der Waals surface area (Å²) in [5.41, 5.74) is 0.895. The molecular weight excluding hydrogens is 308 g/mol. The maximum atomic E-state index is 6.08. The van der Waals surface area contributed by atoms with Crippen LogP contribution in [0.3, 0.4) is 0 Å². The van der Waals surface area contributed by atoms with Crippen molar-refractivity contribution in [1.82, 2.24) is 28.9 Å². The molecule has 1 atom stereocenters. The molecule has 0 radical (unpaired) electrons. The van der Waals surface area contributed by atoms with Gasteiger partial charge >= 0.3 is 0 Å². The van der Waals surface area contributed by atoms with Crippen LogP contribution < -0.4 is 0 Å². The second-order valence-corrected chi connectivity index (χ2v) is 6.86. The molecule has 0 spiro atoms. The lowest BCUT2D eigenvalue weighted by Crippen LogP contribution is -2.51. The Balaban J connectivity index is 1.57. The Labute approximate surface area is 133 Å². The van der Waals surface area contributed by atoms with Gasteiger partial charge in [-0.1, -0.05) is 16.1 Å². The zero-order chi connectivity index (χ0) is 14.8. The molecule has 1 aliphatic rings. The molecule has 0 bridgehead atoms. The van der Waals surface area contributed by atoms with E-state index in [1.807, 2.05) is 19.4 Å². The molecule has 0 N–H and O–H groups in total. The van der Waals surface area contributed by atoms with Crippen LogP contribution in [0.1, 0.15) is 18.4 Å².